The van der Waals surface area contributed by atoms with Crippen LogP contribution in [-0.4, -0.2) is 88.7 Å². The first-order chi connectivity index (χ1) is 31.1. The smallest absolute Gasteiger partial charge is 0.777 e. The second-order valence-corrected chi connectivity index (χ2v) is 20.9. The van der Waals surface area contributed by atoms with Gasteiger partial charge in [0.25, 0.3) is 0 Å². The van der Waals surface area contributed by atoms with Crippen LogP contribution in [0.2, 0.25) is 0 Å². The van der Waals surface area contributed by atoms with Crippen molar-refractivity contribution in [1.82, 2.24) is 9.97 Å². The van der Waals surface area contributed by atoms with Crippen LogP contribution in [0.15, 0.2) is 4.47 Å². The van der Waals surface area contributed by atoms with Crippen molar-refractivity contribution in [3.05, 3.63) is 4.47 Å². The molecular weight excluding hydrogens is 974 g/mol. The summed E-state index contributed by atoms with van der Waals surface area (Å²) in [7, 11) is -8.43. The summed E-state index contributed by atoms with van der Waals surface area (Å²) in [6.45, 7) is 5.66. The molecule has 0 saturated heterocycles. The van der Waals surface area contributed by atoms with Gasteiger partial charge in [-0.1, -0.05) is 181 Å². The van der Waals surface area contributed by atoms with Gasteiger partial charge in [0.1, 0.15) is 30.4 Å². The van der Waals surface area contributed by atoms with Crippen LogP contribution in [0.3, 0.4) is 0 Å². The second kappa shape index (κ2) is 49.7. The zero-order valence-electron chi connectivity index (χ0n) is 41.9. The Hall–Kier alpha value is 1.10. The summed E-state index contributed by atoms with van der Waals surface area (Å²) in [6.07, 6.45) is 34.9. The van der Waals surface area contributed by atoms with Crippen LogP contribution in [0.5, 0.6) is 11.8 Å². The van der Waals surface area contributed by atoms with Crippen molar-refractivity contribution in [2.45, 2.75) is 194 Å². The van der Waals surface area contributed by atoms with E-state index in [-0.39, 0.29) is 134 Å². The number of hydrogen-bond acceptors (Lipinski definition) is 15. The number of nitrogens with zero attached hydrogens (tertiary/aromatic N) is 2. The molecule has 0 fully saturated rings. The quantitative estimate of drug-likeness (QED) is 0.0474. The van der Waals surface area contributed by atoms with E-state index in [4.69, 9.17) is 43.2 Å². The van der Waals surface area contributed by atoms with Crippen LogP contribution in [0.1, 0.15) is 194 Å². The number of hydrogen-bond donors (Lipinski definition) is 1. The molecule has 0 aliphatic carbocycles. The largest absolute Gasteiger partial charge is 1.00 e. The molecule has 66 heavy (non-hydrogen) atoms. The summed E-state index contributed by atoms with van der Waals surface area (Å²) >= 11 is 3.31. The van der Waals surface area contributed by atoms with E-state index >= 15 is 0 Å². The van der Waals surface area contributed by atoms with Gasteiger partial charge in [0.2, 0.25) is 17.7 Å². The van der Waals surface area contributed by atoms with Gasteiger partial charge in [-0.25, -0.2) is 0 Å². The Balaban J connectivity index is 0. The van der Waals surface area contributed by atoms with Gasteiger partial charge in [-0.15, -0.1) is 0 Å². The Labute approximate surface area is 453 Å². The molecule has 1 rings (SSSR count). The maximum atomic E-state index is 12.2. The van der Waals surface area contributed by atoms with Crippen LogP contribution in [-0.2, 0) is 37.1 Å². The fourth-order valence-corrected chi connectivity index (χ4v) is 8.87. The molecule has 0 saturated carbocycles. The number of anilines is 1. The molecule has 1 aromatic heterocycles. The summed E-state index contributed by atoms with van der Waals surface area (Å²) in [5.74, 6) is -0.0369. The molecule has 0 radical (unpaired) electrons. The summed E-state index contributed by atoms with van der Waals surface area (Å²) in [5.41, 5.74) is 5.81. The zero-order valence-corrected chi connectivity index (χ0v) is 49.3. The van der Waals surface area contributed by atoms with Gasteiger partial charge in [-0.2, -0.15) is 9.97 Å². The summed E-state index contributed by atoms with van der Waals surface area (Å²) in [4.78, 5) is 32.5. The maximum absolute atomic E-state index is 12.2. The molecule has 0 spiro atoms. The van der Waals surface area contributed by atoms with Gasteiger partial charge in [0.05, 0.1) is 39.6 Å². The first-order valence-corrected chi connectivity index (χ1v) is 29.1. The van der Waals surface area contributed by atoms with E-state index in [9.17, 15) is 18.9 Å². The number of nitrogen functional groups attached to an aromatic ring is 1. The van der Waals surface area contributed by atoms with E-state index in [0.29, 0.717) is 13.2 Å². The zero-order chi connectivity index (χ0) is 46.7. The molecule has 1 aromatic rings. The van der Waals surface area contributed by atoms with E-state index in [0.717, 1.165) is 25.7 Å². The summed E-state index contributed by atoms with van der Waals surface area (Å²) in [6, 6.07) is 0. The third kappa shape index (κ3) is 45.0. The molecule has 20 heteroatoms. The summed E-state index contributed by atoms with van der Waals surface area (Å²) in [5, 5.41) is 0. The number of unbranched alkanes of at least 4 members (excludes halogenated alkanes) is 26. The summed E-state index contributed by atoms with van der Waals surface area (Å²) < 4.78 is 67.4. The second-order valence-electron chi connectivity index (χ2n) is 16.6. The number of rotatable bonds is 50. The molecule has 378 valence electrons. The van der Waals surface area contributed by atoms with E-state index in [1.807, 2.05) is 0 Å². The Morgan fingerprint density at radius 3 is 1.00 bits per heavy atom. The van der Waals surface area contributed by atoms with Crippen LogP contribution in [0, 0.1) is 0 Å². The average Bonchev–Trinajstić information content (AvgIpc) is 3.26. The Morgan fingerprint density at radius 2 is 0.697 bits per heavy atom. The van der Waals surface area contributed by atoms with E-state index in [1.165, 1.54) is 154 Å². The van der Waals surface area contributed by atoms with Gasteiger partial charge >= 0.3 is 59.1 Å². The normalized spacial score (nSPS) is 13.2. The van der Waals surface area contributed by atoms with Crippen molar-refractivity contribution in [3.63, 3.8) is 0 Å². The third-order valence-corrected chi connectivity index (χ3v) is 13.4. The van der Waals surface area contributed by atoms with Gasteiger partial charge in [-0.3, -0.25) is 0 Å². The molecular formula is C46H88BrN3Na2O12P2. The fraction of sp³-hybridized carbons (Fsp3) is 0.913. The van der Waals surface area contributed by atoms with Crippen molar-refractivity contribution in [3.8, 4) is 11.8 Å². The molecule has 2 unspecified atom stereocenters. The molecule has 1 heterocycles. The molecule has 0 aliphatic heterocycles. The van der Waals surface area contributed by atoms with Crippen LogP contribution >= 0.6 is 31.1 Å². The van der Waals surface area contributed by atoms with E-state index in [2.05, 4.69) is 39.7 Å². The Bertz CT molecular complexity index is 1230. The van der Waals surface area contributed by atoms with Crippen molar-refractivity contribution in [1.29, 1.82) is 0 Å². The SMILES string of the molecule is CCCCCCCCCCCCCCCCOCCOP(=O)([O-])COCCOc1nc(N)nc(OCCOCP(=O)([O-])OCCOCCCCCCCCCCCCCCCC)c1Br.[Na+].[Na+]. The standard InChI is InChI=1S/C46H90BrN3O12P2.2Na/c1-3-5-7-9-11-13-15-17-19-21-23-25-27-29-31-55-35-39-61-63(51,52)41-57-33-37-59-44-43(47)45(50-46(48)49-44)60-38-34-58-42-64(53,54)62-40-36-56-32-30-28-26-24-22-20-18-16-14-12-10-8-6-4-2;;/h3-42H2,1-2H3,(H,51,52)(H,53,54)(H2,48,49,50);;/q;2*+1/p-2. The van der Waals surface area contributed by atoms with Crippen molar-refractivity contribution >= 4 is 37.1 Å². The molecule has 15 nitrogen and oxygen atoms in total. The van der Waals surface area contributed by atoms with Gasteiger partial charge in [-0.05, 0) is 28.8 Å². The van der Waals surface area contributed by atoms with Gasteiger partial charge in [0, 0.05) is 13.2 Å². The Morgan fingerprint density at radius 1 is 0.424 bits per heavy atom. The molecule has 0 bridgehead atoms. The molecule has 0 aliphatic rings. The average molecular weight is 1060 g/mol. The number of ether oxygens (including phenoxy) is 6. The van der Waals surface area contributed by atoms with Crippen molar-refractivity contribution in [2.75, 3.05) is 84.5 Å². The topological polar surface area (TPSA) is 206 Å². The minimum Gasteiger partial charge on any atom is -0.777 e. The van der Waals surface area contributed by atoms with Crippen LogP contribution in [0.25, 0.3) is 0 Å². The predicted molar refractivity (Wildman–Crippen MR) is 256 cm³/mol. The van der Waals surface area contributed by atoms with Gasteiger partial charge < -0.3 is 62.1 Å². The molecule has 0 amide bonds. The van der Waals surface area contributed by atoms with Crippen LogP contribution in [0.4, 0.5) is 5.95 Å². The maximum Gasteiger partial charge on any atom is 1.00 e. The van der Waals surface area contributed by atoms with Crippen molar-refractivity contribution < 1.29 is 116 Å². The van der Waals surface area contributed by atoms with Gasteiger partial charge in [0.15, 0.2) is 15.2 Å². The Kier molecular flexibility index (Phi) is 52.1. The molecule has 2 N–H and O–H groups in total. The monoisotopic (exact) mass is 1060 g/mol. The first-order valence-electron chi connectivity index (χ1n) is 24.9. The number of nitrogens with two attached hydrogens (primary N) is 1. The molecule has 2 atom stereocenters. The predicted octanol–water partition coefficient (Wildman–Crippen LogP) is 5.67. The molecule has 0 aromatic carbocycles. The van der Waals surface area contributed by atoms with E-state index in [1.54, 1.807) is 0 Å². The number of halogens is 1. The fourth-order valence-electron chi connectivity index (χ4n) is 6.91. The minimum atomic E-state index is -4.22. The first kappa shape index (κ1) is 69.2. The van der Waals surface area contributed by atoms with Crippen molar-refractivity contribution in [2.24, 2.45) is 0 Å². The van der Waals surface area contributed by atoms with Crippen LogP contribution < -0.4 is 84.1 Å². The van der Waals surface area contributed by atoms with E-state index < -0.39 is 27.9 Å². The minimum absolute atomic E-state index is 0. The third-order valence-electron chi connectivity index (χ3n) is 10.6. The number of aromatic nitrogens is 2.